The minimum absolute atomic E-state index is 0.0758. The molecule has 100 valence electrons. The number of carbonyl (C=O) groups is 1. The van der Waals surface area contributed by atoms with Gasteiger partial charge in [0.2, 0.25) is 0 Å². The number of hydrogen-bond donors (Lipinski definition) is 1. The van der Waals surface area contributed by atoms with Gasteiger partial charge in [-0.15, -0.1) is 0 Å². The standard InChI is InChI=1S/C14H22N2O2/c1-6-11(12-10(2)8-7-9-15-12)16-13(17)14(3,4)18-5/h7-9,11H,6H2,1-5H3,(H,16,17). The smallest absolute Gasteiger partial charge is 0.252 e. The molecule has 0 aliphatic heterocycles. The van der Waals surface area contributed by atoms with Crippen molar-refractivity contribution < 1.29 is 9.53 Å². The monoisotopic (exact) mass is 250 g/mol. The van der Waals surface area contributed by atoms with Crippen LogP contribution in [0.1, 0.15) is 44.5 Å². The fourth-order valence-electron chi connectivity index (χ4n) is 1.65. The van der Waals surface area contributed by atoms with Gasteiger partial charge >= 0.3 is 0 Å². The third kappa shape index (κ3) is 3.29. The SMILES string of the molecule is CCC(NC(=O)C(C)(C)OC)c1ncccc1C. The summed E-state index contributed by atoms with van der Waals surface area (Å²) in [4.78, 5) is 16.4. The number of carbonyl (C=O) groups excluding carboxylic acids is 1. The Kier molecular flexibility index (Phi) is 4.84. The van der Waals surface area contributed by atoms with E-state index in [-0.39, 0.29) is 11.9 Å². The molecule has 1 amide bonds. The second-order valence-corrected chi connectivity index (χ2v) is 4.85. The number of hydrogen-bond acceptors (Lipinski definition) is 3. The summed E-state index contributed by atoms with van der Waals surface area (Å²) in [6.45, 7) is 7.53. The average Bonchev–Trinajstić information content (AvgIpc) is 2.36. The van der Waals surface area contributed by atoms with Gasteiger partial charge in [0, 0.05) is 13.3 Å². The van der Waals surface area contributed by atoms with E-state index < -0.39 is 5.60 Å². The van der Waals surface area contributed by atoms with Crippen LogP contribution in [0.25, 0.3) is 0 Å². The molecule has 1 heterocycles. The Morgan fingerprint density at radius 3 is 2.72 bits per heavy atom. The predicted molar refractivity (Wildman–Crippen MR) is 71.2 cm³/mol. The molecule has 0 radical (unpaired) electrons. The van der Waals surface area contributed by atoms with Crippen molar-refractivity contribution in [3.05, 3.63) is 29.6 Å². The lowest BCUT2D eigenvalue weighted by Gasteiger charge is -2.26. The fraction of sp³-hybridized carbons (Fsp3) is 0.571. The van der Waals surface area contributed by atoms with Crippen LogP contribution in [0.2, 0.25) is 0 Å². The van der Waals surface area contributed by atoms with Crippen molar-refractivity contribution in [1.29, 1.82) is 0 Å². The number of amides is 1. The number of ether oxygens (including phenoxy) is 1. The summed E-state index contributed by atoms with van der Waals surface area (Å²) in [6.07, 6.45) is 2.54. The molecule has 0 aliphatic carbocycles. The van der Waals surface area contributed by atoms with Gasteiger partial charge in [-0.2, -0.15) is 0 Å². The molecule has 1 aromatic heterocycles. The van der Waals surface area contributed by atoms with Crippen molar-refractivity contribution in [2.75, 3.05) is 7.11 Å². The van der Waals surface area contributed by atoms with E-state index in [9.17, 15) is 4.79 Å². The quantitative estimate of drug-likeness (QED) is 0.873. The molecule has 1 atom stereocenters. The van der Waals surface area contributed by atoms with E-state index in [0.29, 0.717) is 0 Å². The summed E-state index contributed by atoms with van der Waals surface area (Å²) >= 11 is 0. The Hall–Kier alpha value is -1.42. The van der Waals surface area contributed by atoms with Crippen LogP contribution in [0, 0.1) is 6.92 Å². The van der Waals surface area contributed by atoms with E-state index in [0.717, 1.165) is 17.7 Å². The highest BCUT2D eigenvalue weighted by Crippen LogP contribution is 2.19. The largest absolute Gasteiger partial charge is 0.369 e. The number of aryl methyl sites for hydroxylation is 1. The van der Waals surface area contributed by atoms with E-state index in [2.05, 4.69) is 10.3 Å². The predicted octanol–water partition coefficient (Wildman–Crippen LogP) is 2.38. The molecule has 0 aliphatic rings. The molecule has 4 heteroatoms. The van der Waals surface area contributed by atoms with Crippen molar-refractivity contribution in [2.24, 2.45) is 0 Å². The van der Waals surface area contributed by atoms with Gasteiger partial charge in [0.05, 0.1) is 11.7 Å². The lowest BCUT2D eigenvalue weighted by atomic mass is 10.0. The van der Waals surface area contributed by atoms with Crippen LogP contribution in [0.4, 0.5) is 0 Å². The Morgan fingerprint density at radius 1 is 1.56 bits per heavy atom. The number of aromatic nitrogens is 1. The van der Waals surface area contributed by atoms with Crippen molar-refractivity contribution in [2.45, 2.75) is 45.8 Å². The molecule has 4 nitrogen and oxygen atoms in total. The Balaban J connectivity index is 2.87. The topological polar surface area (TPSA) is 51.2 Å². The minimum Gasteiger partial charge on any atom is -0.369 e. The van der Waals surface area contributed by atoms with E-state index in [1.807, 2.05) is 26.0 Å². The van der Waals surface area contributed by atoms with Crippen molar-refractivity contribution >= 4 is 5.91 Å². The molecule has 1 N–H and O–H groups in total. The van der Waals surface area contributed by atoms with Crippen LogP contribution in [-0.2, 0) is 9.53 Å². The zero-order chi connectivity index (χ0) is 13.8. The maximum atomic E-state index is 12.1. The van der Waals surface area contributed by atoms with Crippen molar-refractivity contribution in [3.8, 4) is 0 Å². The molecule has 0 saturated carbocycles. The first kappa shape index (κ1) is 14.6. The summed E-state index contributed by atoms with van der Waals surface area (Å²) in [5, 5.41) is 2.99. The zero-order valence-electron chi connectivity index (χ0n) is 11.8. The second kappa shape index (κ2) is 5.96. The second-order valence-electron chi connectivity index (χ2n) is 4.85. The zero-order valence-corrected chi connectivity index (χ0v) is 11.8. The maximum absolute atomic E-state index is 12.1. The van der Waals surface area contributed by atoms with Gasteiger partial charge in [-0.3, -0.25) is 9.78 Å². The van der Waals surface area contributed by atoms with E-state index in [4.69, 9.17) is 4.74 Å². The normalized spacial score (nSPS) is 13.2. The number of nitrogens with one attached hydrogen (secondary N) is 1. The lowest BCUT2D eigenvalue weighted by Crippen LogP contribution is -2.45. The summed E-state index contributed by atoms with van der Waals surface area (Å²) < 4.78 is 5.18. The molecule has 0 saturated heterocycles. The first-order chi connectivity index (χ1) is 8.42. The van der Waals surface area contributed by atoms with Crippen LogP contribution >= 0.6 is 0 Å². The van der Waals surface area contributed by atoms with E-state index >= 15 is 0 Å². The van der Waals surface area contributed by atoms with Gasteiger partial charge in [0.1, 0.15) is 5.60 Å². The van der Waals surface area contributed by atoms with Gasteiger partial charge in [0.15, 0.2) is 0 Å². The molecule has 0 aromatic carbocycles. The van der Waals surface area contributed by atoms with Gasteiger partial charge in [0.25, 0.3) is 5.91 Å². The van der Waals surface area contributed by atoms with Crippen LogP contribution < -0.4 is 5.32 Å². The van der Waals surface area contributed by atoms with Crippen LogP contribution in [0.15, 0.2) is 18.3 Å². The van der Waals surface area contributed by atoms with Gasteiger partial charge in [-0.05, 0) is 38.8 Å². The number of rotatable bonds is 5. The van der Waals surface area contributed by atoms with Gasteiger partial charge < -0.3 is 10.1 Å². The molecular weight excluding hydrogens is 228 g/mol. The summed E-state index contributed by atoms with van der Waals surface area (Å²) in [6, 6.07) is 3.82. The highest BCUT2D eigenvalue weighted by atomic mass is 16.5. The van der Waals surface area contributed by atoms with Gasteiger partial charge in [-0.1, -0.05) is 13.0 Å². The molecule has 0 bridgehead atoms. The Morgan fingerprint density at radius 2 is 2.22 bits per heavy atom. The minimum atomic E-state index is -0.823. The molecule has 1 aromatic rings. The fourth-order valence-corrected chi connectivity index (χ4v) is 1.65. The Bertz CT molecular complexity index is 416. The Labute approximate surface area is 109 Å². The maximum Gasteiger partial charge on any atom is 0.252 e. The van der Waals surface area contributed by atoms with Gasteiger partial charge in [-0.25, -0.2) is 0 Å². The molecule has 0 spiro atoms. The highest BCUT2D eigenvalue weighted by molar-refractivity contribution is 5.84. The lowest BCUT2D eigenvalue weighted by molar-refractivity contribution is -0.140. The third-order valence-corrected chi connectivity index (χ3v) is 3.15. The first-order valence-corrected chi connectivity index (χ1v) is 6.20. The third-order valence-electron chi connectivity index (χ3n) is 3.15. The van der Waals surface area contributed by atoms with Crippen molar-refractivity contribution in [1.82, 2.24) is 10.3 Å². The highest BCUT2D eigenvalue weighted by Gasteiger charge is 2.29. The van der Waals surface area contributed by atoms with E-state index in [1.165, 1.54) is 7.11 Å². The molecule has 1 unspecified atom stereocenters. The first-order valence-electron chi connectivity index (χ1n) is 6.20. The summed E-state index contributed by atoms with van der Waals surface area (Å²) in [7, 11) is 1.53. The van der Waals surface area contributed by atoms with E-state index in [1.54, 1.807) is 20.0 Å². The number of pyridine rings is 1. The molecule has 18 heavy (non-hydrogen) atoms. The number of methoxy groups -OCH3 is 1. The summed E-state index contributed by atoms with van der Waals surface area (Å²) in [5.74, 6) is -0.123. The molecule has 1 rings (SSSR count). The van der Waals surface area contributed by atoms with Crippen LogP contribution in [-0.4, -0.2) is 23.6 Å². The average molecular weight is 250 g/mol. The molecule has 0 fully saturated rings. The number of nitrogens with zero attached hydrogens (tertiary/aromatic N) is 1. The van der Waals surface area contributed by atoms with Crippen molar-refractivity contribution in [3.63, 3.8) is 0 Å². The van der Waals surface area contributed by atoms with Crippen LogP contribution in [0.3, 0.4) is 0 Å². The van der Waals surface area contributed by atoms with Crippen LogP contribution in [0.5, 0.6) is 0 Å². The summed E-state index contributed by atoms with van der Waals surface area (Å²) in [5.41, 5.74) is 1.18. The molecular formula is C14H22N2O2.